The van der Waals surface area contributed by atoms with Gasteiger partial charge in [0.15, 0.2) is 0 Å². The Morgan fingerprint density at radius 3 is 2.57 bits per heavy atom. The molecule has 1 aliphatic heterocycles. The topological polar surface area (TPSA) is 110 Å². The van der Waals surface area contributed by atoms with E-state index in [4.69, 9.17) is 10.2 Å². The van der Waals surface area contributed by atoms with Gasteiger partial charge in [0.05, 0.1) is 6.42 Å². The van der Waals surface area contributed by atoms with Crippen LogP contribution in [0.1, 0.15) is 26.2 Å². The first kappa shape index (κ1) is 17.2. The number of carbonyl (C=O) groups is 3. The Morgan fingerprint density at radius 1 is 1.38 bits per heavy atom. The minimum Gasteiger partial charge on any atom is -0.481 e. The van der Waals surface area contributed by atoms with Gasteiger partial charge in [0.1, 0.15) is 6.04 Å². The number of rotatable bonds is 7. The molecule has 1 saturated heterocycles. The molecular weight excluding hydrogens is 278 g/mol. The lowest BCUT2D eigenvalue weighted by Crippen LogP contribution is -2.50. The van der Waals surface area contributed by atoms with Gasteiger partial charge in [-0.1, -0.05) is 6.92 Å². The number of likely N-dealkylation sites (N-methyl/N-ethyl adjacent to an activating group) is 2. The highest BCUT2D eigenvalue weighted by molar-refractivity contribution is 5.86. The van der Waals surface area contributed by atoms with E-state index in [0.717, 1.165) is 25.9 Å². The van der Waals surface area contributed by atoms with Crippen molar-refractivity contribution in [1.82, 2.24) is 15.1 Å². The van der Waals surface area contributed by atoms with E-state index in [0.29, 0.717) is 6.54 Å². The zero-order valence-electron chi connectivity index (χ0n) is 12.4. The predicted molar refractivity (Wildman–Crippen MR) is 75.1 cm³/mol. The Bertz CT molecular complexity index is 401. The number of nitrogens with one attached hydrogen (secondary N) is 1. The average molecular weight is 301 g/mol. The summed E-state index contributed by atoms with van der Waals surface area (Å²) in [6.45, 7) is 4.48. The maximum Gasteiger partial charge on any atom is 0.326 e. The molecule has 2 amide bonds. The highest BCUT2D eigenvalue weighted by Gasteiger charge is 2.28. The second-order valence-corrected chi connectivity index (χ2v) is 5.24. The molecule has 1 aliphatic rings. The summed E-state index contributed by atoms with van der Waals surface area (Å²) < 4.78 is 0. The van der Waals surface area contributed by atoms with Crippen molar-refractivity contribution in [1.29, 1.82) is 0 Å². The fraction of sp³-hybridized carbons (Fsp3) is 0.769. The molecule has 0 aromatic rings. The number of hydrogen-bond donors (Lipinski definition) is 3. The lowest BCUT2D eigenvalue weighted by Gasteiger charge is -2.28. The number of amides is 2. The van der Waals surface area contributed by atoms with Crippen molar-refractivity contribution in [2.45, 2.75) is 38.3 Å². The van der Waals surface area contributed by atoms with Crippen LogP contribution in [0.3, 0.4) is 0 Å². The predicted octanol–water partition coefficient (Wildman–Crippen LogP) is 0.0400. The molecule has 0 radical (unpaired) electrons. The largest absolute Gasteiger partial charge is 0.481 e. The van der Waals surface area contributed by atoms with Crippen molar-refractivity contribution in [3.8, 4) is 0 Å². The Hall–Kier alpha value is -1.83. The van der Waals surface area contributed by atoms with Gasteiger partial charge in [-0.2, -0.15) is 0 Å². The minimum atomic E-state index is -1.41. The molecule has 1 unspecified atom stereocenters. The molecule has 21 heavy (non-hydrogen) atoms. The summed E-state index contributed by atoms with van der Waals surface area (Å²) in [5, 5.41) is 19.8. The third-order valence-corrected chi connectivity index (χ3v) is 3.71. The SMILES string of the molecule is CCN1CCCC1CN(C)C(=O)N[C@@H](CC(=O)O)C(=O)O. The van der Waals surface area contributed by atoms with Crippen LogP contribution in [0.2, 0.25) is 0 Å². The quantitative estimate of drug-likeness (QED) is 0.612. The van der Waals surface area contributed by atoms with Crippen molar-refractivity contribution in [3.05, 3.63) is 0 Å². The molecule has 0 bridgehead atoms. The molecule has 0 aromatic carbocycles. The highest BCUT2D eigenvalue weighted by Crippen LogP contribution is 2.17. The third kappa shape index (κ3) is 5.22. The summed E-state index contributed by atoms with van der Waals surface area (Å²) in [6, 6.07) is -1.71. The van der Waals surface area contributed by atoms with E-state index >= 15 is 0 Å². The Labute approximate surface area is 123 Å². The average Bonchev–Trinajstić information content (AvgIpc) is 2.84. The van der Waals surface area contributed by atoms with Crippen molar-refractivity contribution in [3.63, 3.8) is 0 Å². The highest BCUT2D eigenvalue weighted by atomic mass is 16.4. The Kier molecular flexibility index (Phi) is 6.41. The zero-order valence-corrected chi connectivity index (χ0v) is 12.4. The minimum absolute atomic E-state index is 0.272. The molecular formula is C13H23N3O5. The van der Waals surface area contributed by atoms with Gasteiger partial charge in [0.2, 0.25) is 0 Å². The molecule has 1 fully saturated rings. The third-order valence-electron chi connectivity index (χ3n) is 3.71. The molecule has 1 rings (SSSR count). The smallest absolute Gasteiger partial charge is 0.326 e. The second kappa shape index (κ2) is 7.82. The van der Waals surface area contributed by atoms with Gasteiger partial charge in [-0.3, -0.25) is 9.69 Å². The monoisotopic (exact) mass is 301 g/mol. The van der Waals surface area contributed by atoms with Crippen molar-refractivity contribution in [2.24, 2.45) is 0 Å². The van der Waals surface area contributed by atoms with Crippen LogP contribution in [0.25, 0.3) is 0 Å². The van der Waals surface area contributed by atoms with Crippen LogP contribution in [0.15, 0.2) is 0 Å². The summed E-state index contributed by atoms with van der Waals surface area (Å²) in [5.41, 5.74) is 0. The van der Waals surface area contributed by atoms with Gasteiger partial charge in [-0.15, -0.1) is 0 Å². The number of carboxylic acids is 2. The van der Waals surface area contributed by atoms with E-state index < -0.39 is 30.4 Å². The first-order chi connectivity index (χ1) is 9.85. The standard InChI is InChI=1S/C13H23N3O5/c1-3-16-6-4-5-9(16)8-15(2)13(21)14-10(12(19)20)7-11(17)18/h9-10H,3-8H2,1-2H3,(H,14,21)(H,17,18)(H,19,20)/t9?,10-/m0/s1. The number of hydrogen-bond acceptors (Lipinski definition) is 4. The zero-order chi connectivity index (χ0) is 16.0. The molecule has 120 valence electrons. The van der Waals surface area contributed by atoms with Crippen molar-refractivity contribution in [2.75, 3.05) is 26.7 Å². The van der Waals surface area contributed by atoms with E-state index in [1.807, 2.05) is 0 Å². The molecule has 8 heteroatoms. The summed E-state index contributed by atoms with van der Waals surface area (Å²) in [5.74, 6) is -2.62. The molecule has 3 N–H and O–H groups in total. The molecule has 0 saturated carbocycles. The lowest BCUT2D eigenvalue weighted by molar-refractivity contribution is -0.145. The van der Waals surface area contributed by atoms with Crippen molar-refractivity contribution >= 4 is 18.0 Å². The van der Waals surface area contributed by atoms with E-state index in [-0.39, 0.29) is 6.04 Å². The maximum atomic E-state index is 12.0. The fourth-order valence-corrected chi connectivity index (χ4v) is 2.55. The van der Waals surface area contributed by atoms with Gasteiger partial charge in [-0.25, -0.2) is 9.59 Å². The molecule has 2 atom stereocenters. The maximum absolute atomic E-state index is 12.0. The van der Waals surface area contributed by atoms with Crippen LogP contribution in [0.5, 0.6) is 0 Å². The molecule has 1 heterocycles. The van der Waals surface area contributed by atoms with Crippen LogP contribution in [0.4, 0.5) is 4.79 Å². The molecule has 0 aromatic heterocycles. The number of carbonyl (C=O) groups excluding carboxylic acids is 1. The van der Waals surface area contributed by atoms with Gasteiger partial charge in [0.25, 0.3) is 0 Å². The Balaban J connectivity index is 2.52. The first-order valence-corrected chi connectivity index (χ1v) is 7.05. The van der Waals surface area contributed by atoms with Gasteiger partial charge in [0, 0.05) is 19.6 Å². The van der Waals surface area contributed by atoms with Crippen LogP contribution in [-0.2, 0) is 9.59 Å². The molecule has 8 nitrogen and oxygen atoms in total. The van der Waals surface area contributed by atoms with Crippen LogP contribution >= 0.6 is 0 Å². The van der Waals surface area contributed by atoms with Gasteiger partial charge < -0.3 is 20.4 Å². The summed E-state index contributed by atoms with van der Waals surface area (Å²) in [4.78, 5) is 37.2. The van der Waals surface area contributed by atoms with Crippen molar-refractivity contribution < 1.29 is 24.6 Å². The second-order valence-electron chi connectivity index (χ2n) is 5.24. The van der Waals surface area contributed by atoms with E-state index in [1.165, 1.54) is 4.90 Å². The number of urea groups is 1. The number of carboxylic acid groups (broad SMARTS) is 2. The number of likely N-dealkylation sites (tertiary alicyclic amines) is 1. The first-order valence-electron chi connectivity index (χ1n) is 7.05. The van der Waals surface area contributed by atoms with Crippen LogP contribution < -0.4 is 5.32 Å². The lowest BCUT2D eigenvalue weighted by atomic mass is 10.2. The summed E-state index contributed by atoms with van der Waals surface area (Å²) >= 11 is 0. The number of nitrogens with zero attached hydrogens (tertiary/aromatic N) is 2. The fourth-order valence-electron chi connectivity index (χ4n) is 2.55. The van der Waals surface area contributed by atoms with E-state index in [2.05, 4.69) is 17.1 Å². The molecule has 0 aliphatic carbocycles. The Morgan fingerprint density at radius 2 is 2.05 bits per heavy atom. The van der Waals surface area contributed by atoms with Crippen LogP contribution in [-0.4, -0.2) is 76.7 Å². The normalized spacial score (nSPS) is 20.0. The van der Waals surface area contributed by atoms with E-state index in [1.54, 1.807) is 7.05 Å². The number of aliphatic carboxylic acids is 2. The van der Waals surface area contributed by atoms with Crippen LogP contribution in [0, 0.1) is 0 Å². The van der Waals surface area contributed by atoms with E-state index in [9.17, 15) is 14.4 Å². The molecule has 0 spiro atoms. The summed E-state index contributed by atoms with van der Waals surface area (Å²) in [7, 11) is 1.58. The van der Waals surface area contributed by atoms with Gasteiger partial charge >= 0.3 is 18.0 Å². The van der Waals surface area contributed by atoms with Gasteiger partial charge in [-0.05, 0) is 25.9 Å². The summed E-state index contributed by atoms with van der Waals surface area (Å²) in [6.07, 6.45) is 1.45.